The van der Waals surface area contributed by atoms with E-state index in [1.807, 2.05) is 6.07 Å². The summed E-state index contributed by atoms with van der Waals surface area (Å²) in [5.74, 6) is -0.00448. The number of pyridine rings is 1. The Balaban J connectivity index is 2.12. The summed E-state index contributed by atoms with van der Waals surface area (Å²) in [4.78, 5) is 16.3. The molecule has 0 aliphatic rings. The van der Waals surface area contributed by atoms with Crippen molar-refractivity contribution in [3.63, 3.8) is 0 Å². The molecule has 0 unspecified atom stereocenters. The van der Waals surface area contributed by atoms with Crippen LogP contribution in [0.5, 0.6) is 0 Å². The molecule has 0 spiro atoms. The van der Waals surface area contributed by atoms with Gasteiger partial charge in [0.05, 0.1) is 0 Å². The Hall–Kier alpha value is -2.36. The fourth-order valence-corrected chi connectivity index (χ4v) is 2.10. The fourth-order valence-electron chi connectivity index (χ4n) is 1.69. The molecule has 0 aliphatic heterocycles. The minimum atomic E-state index is -0.525. The number of anilines is 2. The lowest BCUT2D eigenvalue weighted by atomic mass is 10.2. The van der Waals surface area contributed by atoms with Gasteiger partial charge in [-0.05, 0) is 52.7 Å². The Morgan fingerprint density at radius 3 is 2.83 bits per heavy atom. The van der Waals surface area contributed by atoms with Gasteiger partial charge in [-0.15, -0.1) is 0 Å². The van der Waals surface area contributed by atoms with E-state index >= 15 is 0 Å². The molecular formula is C16H12BrClN4O. The molecule has 0 radical (unpaired) electrons. The van der Waals surface area contributed by atoms with Gasteiger partial charge in [-0.25, -0.2) is 4.98 Å². The van der Waals surface area contributed by atoms with E-state index in [1.54, 1.807) is 43.5 Å². The van der Waals surface area contributed by atoms with Crippen LogP contribution in [0, 0.1) is 18.3 Å². The van der Waals surface area contributed by atoms with Crippen LogP contribution in [-0.2, 0) is 4.79 Å². The summed E-state index contributed by atoms with van der Waals surface area (Å²) in [6.45, 7) is 1.79. The monoisotopic (exact) mass is 390 g/mol. The number of hydrogen-bond acceptors (Lipinski definition) is 4. The summed E-state index contributed by atoms with van der Waals surface area (Å²) in [6.07, 6.45) is 2.92. The maximum Gasteiger partial charge on any atom is 0.267 e. The molecule has 1 aromatic heterocycles. The Morgan fingerprint density at radius 1 is 1.39 bits per heavy atom. The standard InChI is InChI=1S/C16H12BrClN4O/c1-10-13(18)3-2-4-14(10)22-16(23)11(7-19)8-20-15-6-5-12(17)9-21-15/h2-6,8-9H,1H3,(H,20,21)(H,22,23)/b11-8-. The lowest BCUT2D eigenvalue weighted by Crippen LogP contribution is -2.15. The van der Waals surface area contributed by atoms with Gasteiger partial charge in [-0.1, -0.05) is 17.7 Å². The SMILES string of the molecule is Cc1c(Cl)cccc1NC(=O)/C(C#N)=C\Nc1ccc(Br)cn1. The number of carbonyl (C=O) groups is 1. The maximum atomic E-state index is 12.2. The number of aromatic nitrogens is 1. The smallest absolute Gasteiger partial charge is 0.267 e. The van der Waals surface area contributed by atoms with Crippen molar-refractivity contribution in [1.29, 1.82) is 5.26 Å². The van der Waals surface area contributed by atoms with Crippen LogP contribution in [0.25, 0.3) is 0 Å². The predicted octanol–water partition coefficient (Wildman–Crippen LogP) is 4.26. The molecule has 7 heteroatoms. The molecule has 2 aromatic rings. The zero-order chi connectivity index (χ0) is 16.8. The third-order valence-electron chi connectivity index (χ3n) is 2.97. The first-order chi connectivity index (χ1) is 11.0. The van der Waals surface area contributed by atoms with Crippen molar-refractivity contribution in [2.24, 2.45) is 0 Å². The normalized spacial score (nSPS) is 10.8. The highest BCUT2D eigenvalue weighted by molar-refractivity contribution is 9.10. The number of rotatable bonds is 4. The summed E-state index contributed by atoms with van der Waals surface area (Å²) >= 11 is 9.29. The highest BCUT2D eigenvalue weighted by Crippen LogP contribution is 2.23. The topological polar surface area (TPSA) is 77.8 Å². The van der Waals surface area contributed by atoms with Gasteiger partial charge in [0.2, 0.25) is 0 Å². The minimum Gasteiger partial charge on any atom is -0.345 e. The number of nitrogens with one attached hydrogen (secondary N) is 2. The number of nitrogens with zero attached hydrogens (tertiary/aromatic N) is 2. The second kappa shape index (κ2) is 7.77. The molecule has 0 fully saturated rings. The molecule has 116 valence electrons. The molecule has 1 aromatic carbocycles. The van der Waals surface area contributed by atoms with Gasteiger partial charge in [0.15, 0.2) is 0 Å². The molecule has 1 amide bonds. The number of carbonyl (C=O) groups excluding carboxylic acids is 1. The van der Waals surface area contributed by atoms with Gasteiger partial charge in [-0.2, -0.15) is 5.26 Å². The van der Waals surface area contributed by atoms with E-state index in [9.17, 15) is 4.79 Å². The maximum absolute atomic E-state index is 12.2. The largest absolute Gasteiger partial charge is 0.345 e. The molecular weight excluding hydrogens is 380 g/mol. The Labute approximate surface area is 147 Å². The van der Waals surface area contributed by atoms with E-state index in [2.05, 4.69) is 31.5 Å². The summed E-state index contributed by atoms with van der Waals surface area (Å²) in [7, 11) is 0. The summed E-state index contributed by atoms with van der Waals surface area (Å²) in [6, 6.07) is 10.5. The van der Waals surface area contributed by atoms with Crippen LogP contribution in [0.4, 0.5) is 11.5 Å². The van der Waals surface area contributed by atoms with Crippen molar-refractivity contribution in [2.45, 2.75) is 6.92 Å². The van der Waals surface area contributed by atoms with Crippen LogP contribution in [0.3, 0.4) is 0 Å². The zero-order valence-electron chi connectivity index (χ0n) is 12.1. The first-order valence-electron chi connectivity index (χ1n) is 6.56. The molecule has 0 saturated heterocycles. The van der Waals surface area contributed by atoms with Crippen LogP contribution >= 0.6 is 27.5 Å². The highest BCUT2D eigenvalue weighted by atomic mass is 79.9. The van der Waals surface area contributed by atoms with Crippen molar-refractivity contribution >= 4 is 44.9 Å². The Kier molecular flexibility index (Phi) is 5.74. The lowest BCUT2D eigenvalue weighted by molar-refractivity contribution is -0.112. The van der Waals surface area contributed by atoms with Crippen molar-refractivity contribution in [3.05, 3.63) is 63.4 Å². The molecule has 5 nitrogen and oxygen atoms in total. The van der Waals surface area contributed by atoms with Crippen molar-refractivity contribution < 1.29 is 4.79 Å². The first kappa shape index (κ1) is 17.0. The average molecular weight is 392 g/mol. The molecule has 2 rings (SSSR count). The van der Waals surface area contributed by atoms with Crippen LogP contribution in [-0.4, -0.2) is 10.9 Å². The number of amides is 1. The molecule has 0 bridgehead atoms. The molecule has 0 atom stereocenters. The average Bonchev–Trinajstić information content (AvgIpc) is 2.54. The van der Waals surface area contributed by atoms with Gasteiger partial charge in [-0.3, -0.25) is 4.79 Å². The van der Waals surface area contributed by atoms with E-state index < -0.39 is 5.91 Å². The number of nitriles is 1. The van der Waals surface area contributed by atoms with Crippen LogP contribution < -0.4 is 10.6 Å². The van der Waals surface area contributed by atoms with Crippen molar-refractivity contribution in [2.75, 3.05) is 10.6 Å². The second-order valence-corrected chi connectivity index (χ2v) is 5.87. The highest BCUT2D eigenvalue weighted by Gasteiger charge is 2.11. The molecule has 0 saturated carbocycles. The van der Waals surface area contributed by atoms with E-state index in [-0.39, 0.29) is 5.57 Å². The van der Waals surface area contributed by atoms with Crippen LogP contribution in [0.2, 0.25) is 5.02 Å². The number of benzene rings is 1. The van der Waals surface area contributed by atoms with Gasteiger partial charge < -0.3 is 10.6 Å². The summed E-state index contributed by atoms with van der Waals surface area (Å²) < 4.78 is 0.835. The number of hydrogen-bond donors (Lipinski definition) is 2. The molecule has 1 heterocycles. The van der Waals surface area contributed by atoms with Crippen molar-refractivity contribution in [1.82, 2.24) is 4.98 Å². The summed E-state index contributed by atoms with van der Waals surface area (Å²) in [5, 5.41) is 15.2. The van der Waals surface area contributed by atoms with Crippen LogP contribution in [0.15, 0.2) is 52.8 Å². The zero-order valence-corrected chi connectivity index (χ0v) is 14.4. The summed E-state index contributed by atoms with van der Waals surface area (Å²) in [5.41, 5.74) is 1.22. The van der Waals surface area contributed by atoms with E-state index in [1.165, 1.54) is 6.20 Å². The van der Waals surface area contributed by atoms with Gasteiger partial charge >= 0.3 is 0 Å². The minimum absolute atomic E-state index is 0.0749. The third kappa shape index (κ3) is 4.55. The van der Waals surface area contributed by atoms with Gasteiger partial charge in [0, 0.05) is 27.6 Å². The molecule has 2 N–H and O–H groups in total. The van der Waals surface area contributed by atoms with E-state index in [0.717, 1.165) is 10.0 Å². The number of halogens is 2. The van der Waals surface area contributed by atoms with Gasteiger partial charge in [0.1, 0.15) is 17.5 Å². The lowest BCUT2D eigenvalue weighted by Gasteiger charge is -2.09. The molecule has 23 heavy (non-hydrogen) atoms. The predicted molar refractivity (Wildman–Crippen MR) is 94.1 cm³/mol. The fraction of sp³-hybridized carbons (Fsp3) is 0.0625. The van der Waals surface area contributed by atoms with Gasteiger partial charge in [0.25, 0.3) is 5.91 Å². The Morgan fingerprint density at radius 2 is 2.17 bits per heavy atom. The van der Waals surface area contributed by atoms with E-state index in [0.29, 0.717) is 16.5 Å². The first-order valence-corrected chi connectivity index (χ1v) is 7.73. The Bertz CT molecular complexity index is 797. The van der Waals surface area contributed by atoms with E-state index in [4.69, 9.17) is 16.9 Å². The molecule has 0 aliphatic carbocycles. The second-order valence-electron chi connectivity index (χ2n) is 4.54. The third-order valence-corrected chi connectivity index (χ3v) is 3.85. The van der Waals surface area contributed by atoms with Crippen molar-refractivity contribution in [3.8, 4) is 6.07 Å². The van der Waals surface area contributed by atoms with Crippen LogP contribution in [0.1, 0.15) is 5.56 Å². The quantitative estimate of drug-likeness (QED) is 0.603.